The quantitative estimate of drug-likeness (QED) is 0.634. The van der Waals surface area contributed by atoms with Crippen LogP contribution in [0.3, 0.4) is 0 Å². The maximum atomic E-state index is 13.2. The van der Waals surface area contributed by atoms with Crippen molar-refractivity contribution in [2.45, 2.75) is 47.3 Å². The first kappa shape index (κ1) is 21.3. The Bertz CT molecular complexity index is 953. The number of sulfonamides is 1. The fourth-order valence-electron chi connectivity index (χ4n) is 3.96. The third-order valence-electron chi connectivity index (χ3n) is 5.64. The van der Waals surface area contributed by atoms with E-state index in [4.69, 9.17) is 0 Å². The molecule has 2 aliphatic heterocycles. The summed E-state index contributed by atoms with van der Waals surface area (Å²) in [7, 11) is -3.50. The van der Waals surface area contributed by atoms with Gasteiger partial charge in [-0.25, -0.2) is 13.4 Å². The summed E-state index contributed by atoms with van der Waals surface area (Å²) in [4.78, 5) is 19.7. The van der Waals surface area contributed by atoms with Crippen molar-refractivity contribution in [1.82, 2.24) is 14.2 Å². The van der Waals surface area contributed by atoms with Crippen LogP contribution >= 0.6 is 11.8 Å². The number of carbonyl (C=O) groups is 1. The highest BCUT2D eigenvalue weighted by molar-refractivity contribution is 8.00. The van der Waals surface area contributed by atoms with Gasteiger partial charge in [0.1, 0.15) is 10.1 Å². The molecule has 0 saturated carbocycles. The summed E-state index contributed by atoms with van der Waals surface area (Å²) in [5.41, 5.74) is 0.936. The molecule has 0 radical (unpaired) electrons. The number of rotatable bonds is 6. The lowest BCUT2D eigenvalue weighted by atomic mass is 10.1. The summed E-state index contributed by atoms with van der Waals surface area (Å²) in [6.07, 6.45) is 6.38. The number of benzene rings is 1. The van der Waals surface area contributed by atoms with Gasteiger partial charge in [-0.3, -0.25) is 4.79 Å². The zero-order chi connectivity index (χ0) is 21.0. The Labute approximate surface area is 182 Å². The van der Waals surface area contributed by atoms with Gasteiger partial charge in [0.2, 0.25) is 15.9 Å². The van der Waals surface area contributed by atoms with Crippen molar-refractivity contribution >= 4 is 27.7 Å². The first-order chi connectivity index (χ1) is 14.6. The lowest BCUT2D eigenvalue weighted by Gasteiger charge is -2.26. The number of carbonyl (C=O) groups excluding carboxylic acids is 1. The van der Waals surface area contributed by atoms with Crippen molar-refractivity contribution in [2.24, 2.45) is 0 Å². The Morgan fingerprint density at radius 2 is 1.57 bits per heavy atom. The lowest BCUT2D eigenvalue weighted by molar-refractivity contribution is -0.129. The Morgan fingerprint density at radius 3 is 2.20 bits per heavy atom. The predicted octanol–water partition coefficient (Wildman–Crippen LogP) is 3.71. The van der Waals surface area contributed by atoms with Crippen molar-refractivity contribution in [3.63, 3.8) is 0 Å². The molecule has 8 heteroatoms. The molecule has 3 heterocycles. The molecule has 1 aromatic heterocycles. The highest BCUT2D eigenvalue weighted by atomic mass is 32.2. The van der Waals surface area contributed by atoms with Gasteiger partial charge in [0.15, 0.2) is 0 Å². The molecule has 4 rings (SSSR count). The van der Waals surface area contributed by atoms with E-state index in [1.54, 1.807) is 16.4 Å². The second-order valence-corrected chi connectivity index (χ2v) is 10.8. The van der Waals surface area contributed by atoms with Crippen LogP contribution in [0.5, 0.6) is 0 Å². The fourth-order valence-corrected chi connectivity index (χ4v) is 6.46. The van der Waals surface area contributed by atoms with Crippen LogP contribution in [0.1, 0.15) is 42.9 Å². The molecule has 2 aliphatic rings. The smallest absolute Gasteiger partial charge is 0.244 e. The summed E-state index contributed by atoms with van der Waals surface area (Å²) >= 11 is 1.38. The topological polar surface area (TPSA) is 70.6 Å². The van der Waals surface area contributed by atoms with Crippen molar-refractivity contribution in [3.8, 4) is 0 Å². The van der Waals surface area contributed by atoms with Crippen molar-refractivity contribution in [2.75, 3.05) is 26.2 Å². The Morgan fingerprint density at radius 1 is 0.900 bits per heavy atom. The number of piperidine rings is 1. The number of aromatic nitrogens is 1. The van der Waals surface area contributed by atoms with Gasteiger partial charge in [-0.15, -0.1) is 0 Å². The molecule has 2 aromatic rings. The molecule has 2 saturated heterocycles. The molecular formula is C22H27N3O3S2. The van der Waals surface area contributed by atoms with E-state index in [1.165, 1.54) is 18.0 Å². The predicted molar refractivity (Wildman–Crippen MR) is 118 cm³/mol. The molecule has 0 unspecified atom stereocenters. The molecule has 6 nitrogen and oxygen atoms in total. The molecule has 0 aliphatic carbocycles. The van der Waals surface area contributed by atoms with Gasteiger partial charge in [-0.2, -0.15) is 4.31 Å². The van der Waals surface area contributed by atoms with Gasteiger partial charge in [0.05, 0.1) is 5.03 Å². The molecule has 1 aromatic carbocycles. The summed E-state index contributed by atoms with van der Waals surface area (Å²) in [5, 5.41) is 0.260. The molecule has 2 fully saturated rings. The molecule has 0 N–H and O–H groups in total. The Kier molecular flexibility index (Phi) is 6.75. The summed E-state index contributed by atoms with van der Waals surface area (Å²) in [6.45, 7) is 2.73. The largest absolute Gasteiger partial charge is 0.341 e. The van der Waals surface area contributed by atoms with Crippen LogP contribution in [-0.2, 0) is 14.8 Å². The number of pyridine rings is 1. The van der Waals surface area contributed by atoms with E-state index in [0.717, 1.165) is 50.8 Å². The van der Waals surface area contributed by atoms with E-state index >= 15 is 0 Å². The maximum absolute atomic E-state index is 13.2. The molecular weight excluding hydrogens is 418 g/mol. The van der Waals surface area contributed by atoms with Crippen LogP contribution in [0.2, 0.25) is 0 Å². The highest BCUT2D eigenvalue weighted by Gasteiger charge is 2.30. The monoisotopic (exact) mass is 445 g/mol. The molecule has 0 spiro atoms. The third-order valence-corrected chi connectivity index (χ3v) is 8.72. The molecule has 0 bridgehead atoms. The second kappa shape index (κ2) is 9.49. The normalized spacial score (nSPS) is 19.0. The van der Waals surface area contributed by atoms with Crippen LogP contribution < -0.4 is 0 Å². The van der Waals surface area contributed by atoms with Crippen LogP contribution in [0.4, 0.5) is 0 Å². The fraction of sp³-hybridized carbons (Fsp3) is 0.455. The van der Waals surface area contributed by atoms with Gasteiger partial charge in [-0.05, 0) is 43.4 Å². The number of thioether (sulfide) groups is 1. The van der Waals surface area contributed by atoms with Crippen LogP contribution in [0.15, 0.2) is 58.6 Å². The first-order valence-electron chi connectivity index (χ1n) is 10.5. The van der Waals surface area contributed by atoms with Crippen LogP contribution in [0, 0.1) is 0 Å². The molecule has 1 amide bonds. The van der Waals surface area contributed by atoms with Gasteiger partial charge >= 0.3 is 0 Å². The summed E-state index contributed by atoms with van der Waals surface area (Å²) in [6, 6.07) is 13.0. The van der Waals surface area contributed by atoms with Gasteiger partial charge in [0, 0.05) is 32.4 Å². The van der Waals surface area contributed by atoms with Crippen LogP contribution in [0.25, 0.3) is 0 Å². The number of hydrogen-bond donors (Lipinski definition) is 0. The molecule has 30 heavy (non-hydrogen) atoms. The van der Waals surface area contributed by atoms with E-state index in [0.29, 0.717) is 18.1 Å². The van der Waals surface area contributed by atoms with Crippen LogP contribution in [-0.4, -0.2) is 54.7 Å². The van der Waals surface area contributed by atoms with Gasteiger partial charge < -0.3 is 4.90 Å². The SMILES string of the molecule is O=C([C@@H](Sc1ccc(S(=O)(=O)N2CCCCC2)cn1)c1ccccc1)N1CCCC1. The van der Waals surface area contributed by atoms with Crippen molar-refractivity contribution < 1.29 is 13.2 Å². The zero-order valence-corrected chi connectivity index (χ0v) is 18.6. The average molecular weight is 446 g/mol. The summed E-state index contributed by atoms with van der Waals surface area (Å²) < 4.78 is 27.2. The minimum absolute atomic E-state index is 0.0931. The minimum atomic E-state index is -3.50. The van der Waals surface area contributed by atoms with Crippen molar-refractivity contribution in [1.29, 1.82) is 0 Å². The lowest BCUT2D eigenvalue weighted by Crippen LogP contribution is -2.35. The number of amides is 1. The number of likely N-dealkylation sites (tertiary alicyclic amines) is 1. The van der Waals surface area contributed by atoms with Crippen molar-refractivity contribution in [3.05, 3.63) is 54.2 Å². The maximum Gasteiger partial charge on any atom is 0.244 e. The van der Waals surface area contributed by atoms with E-state index in [9.17, 15) is 13.2 Å². The average Bonchev–Trinajstić information content (AvgIpc) is 3.34. The van der Waals surface area contributed by atoms with Gasteiger partial charge in [0.25, 0.3) is 0 Å². The molecule has 1 atom stereocenters. The Hall–Kier alpha value is -1.90. The first-order valence-corrected chi connectivity index (χ1v) is 12.8. The third kappa shape index (κ3) is 4.71. The van der Waals surface area contributed by atoms with Gasteiger partial charge in [-0.1, -0.05) is 48.5 Å². The van der Waals surface area contributed by atoms with E-state index in [2.05, 4.69) is 4.98 Å². The van der Waals surface area contributed by atoms with E-state index < -0.39 is 10.0 Å². The van der Waals surface area contributed by atoms with E-state index in [1.807, 2.05) is 35.2 Å². The number of nitrogens with zero attached hydrogens (tertiary/aromatic N) is 3. The molecule has 160 valence electrons. The Balaban J connectivity index is 1.54. The second-order valence-electron chi connectivity index (χ2n) is 7.74. The highest BCUT2D eigenvalue weighted by Crippen LogP contribution is 2.37. The van der Waals surface area contributed by atoms with E-state index in [-0.39, 0.29) is 16.1 Å². The number of hydrogen-bond acceptors (Lipinski definition) is 5. The standard InChI is InChI=1S/C22H27N3O3S2/c26-22(24-13-7-8-14-24)21(18-9-3-1-4-10-18)29-20-12-11-19(17-23-20)30(27,28)25-15-5-2-6-16-25/h1,3-4,9-12,17,21H,2,5-8,13-16H2/t21-/m0/s1. The minimum Gasteiger partial charge on any atom is -0.341 e. The summed E-state index contributed by atoms with van der Waals surface area (Å²) in [5.74, 6) is 0.0931. The zero-order valence-electron chi connectivity index (χ0n) is 16.9.